The molecule has 6 heteroatoms. The molecule has 0 spiro atoms. The molecule has 11 rings (SSSR count). The van der Waals surface area contributed by atoms with Crippen molar-refractivity contribution in [2.24, 2.45) is 0 Å². The van der Waals surface area contributed by atoms with Crippen molar-refractivity contribution in [1.29, 1.82) is 0 Å². The van der Waals surface area contributed by atoms with Crippen LogP contribution in [0.25, 0.3) is 112 Å². The Bertz CT molecular complexity index is 3190. The van der Waals surface area contributed by atoms with Gasteiger partial charge < -0.3 is 8.83 Å². The summed E-state index contributed by atoms with van der Waals surface area (Å²) in [6, 6.07) is 61.4. The Kier molecular flexibility index (Phi) is 7.38. The standard InChI is InChI=1S/C50H30N4O2/c1-4-16-31(17-5-1)44-47-42(38-25-10-12-28-40(38)51-44)43(39-27-15-26-37-36-24-11-13-29-41(36)55-46(37)39)45(56-47)34-22-14-23-35(30-34)50-53-48(32-18-6-2-7-19-32)52-49(54-50)33-20-8-3-9-21-33/h1-30H. The van der Waals surface area contributed by atoms with Gasteiger partial charge in [-0.25, -0.2) is 19.9 Å². The quantitative estimate of drug-likeness (QED) is 0.170. The minimum atomic E-state index is 0.564. The minimum absolute atomic E-state index is 0.564. The second kappa shape index (κ2) is 13.0. The summed E-state index contributed by atoms with van der Waals surface area (Å²) in [4.78, 5) is 20.2. The van der Waals surface area contributed by atoms with E-state index >= 15 is 0 Å². The van der Waals surface area contributed by atoms with Crippen LogP contribution in [0.3, 0.4) is 0 Å². The van der Waals surface area contributed by atoms with E-state index < -0.39 is 0 Å². The lowest BCUT2D eigenvalue weighted by atomic mass is 9.94. The van der Waals surface area contributed by atoms with Crippen molar-refractivity contribution in [2.45, 2.75) is 0 Å². The molecule has 0 N–H and O–H groups in total. The molecule has 262 valence electrons. The summed E-state index contributed by atoms with van der Waals surface area (Å²) >= 11 is 0. The van der Waals surface area contributed by atoms with E-state index in [2.05, 4.69) is 66.7 Å². The highest BCUT2D eigenvalue weighted by Gasteiger charge is 2.27. The largest absolute Gasteiger partial charge is 0.455 e. The molecule has 0 aliphatic heterocycles. The van der Waals surface area contributed by atoms with Crippen LogP contribution in [-0.2, 0) is 0 Å². The molecule has 6 nitrogen and oxygen atoms in total. The van der Waals surface area contributed by atoms with E-state index in [1.165, 1.54) is 0 Å². The van der Waals surface area contributed by atoms with Crippen LogP contribution in [0.4, 0.5) is 0 Å². The van der Waals surface area contributed by atoms with Crippen LogP contribution in [-0.4, -0.2) is 19.9 Å². The van der Waals surface area contributed by atoms with Gasteiger partial charge in [-0.2, -0.15) is 0 Å². The van der Waals surface area contributed by atoms with Crippen molar-refractivity contribution in [3.8, 4) is 67.9 Å². The molecule has 7 aromatic carbocycles. The highest BCUT2D eigenvalue weighted by molar-refractivity contribution is 6.21. The predicted octanol–water partition coefficient (Wildman–Crippen LogP) is 13.1. The summed E-state index contributed by atoms with van der Waals surface area (Å²) in [6.45, 7) is 0. The van der Waals surface area contributed by atoms with Gasteiger partial charge in [0.25, 0.3) is 0 Å². The summed E-state index contributed by atoms with van der Waals surface area (Å²) < 4.78 is 13.9. The summed E-state index contributed by atoms with van der Waals surface area (Å²) in [6.07, 6.45) is 0. The van der Waals surface area contributed by atoms with E-state index in [-0.39, 0.29) is 0 Å². The number of nitrogens with zero attached hydrogens (tertiary/aromatic N) is 4. The Labute approximate surface area is 321 Å². The average molecular weight is 719 g/mol. The fraction of sp³-hybridized carbons (Fsp3) is 0. The van der Waals surface area contributed by atoms with Gasteiger partial charge in [0.05, 0.1) is 5.52 Å². The second-order valence-electron chi connectivity index (χ2n) is 13.8. The Morgan fingerprint density at radius 3 is 1.61 bits per heavy atom. The van der Waals surface area contributed by atoms with Crippen LogP contribution < -0.4 is 0 Å². The molecule has 0 saturated heterocycles. The van der Waals surface area contributed by atoms with Gasteiger partial charge in [-0.15, -0.1) is 0 Å². The van der Waals surface area contributed by atoms with Gasteiger partial charge in [0, 0.05) is 60.5 Å². The van der Waals surface area contributed by atoms with Gasteiger partial charge in [0.2, 0.25) is 0 Å². The zero-order valence-corrected chi connectivity index (χ0v) is 29.9. The van der Waals surface area contributed by atoms with E-state index in [1.54, 1.807) is 0 Å². The number of hydrogen-bond donors (Lipinski definition) is 0. The Balaban J connectivity index is 1.21. The number of furan rings is 2. The fourth-order valence-corrected chi connectivity index (χ4v) is 7.74. The molecule has 0 aliphatic rings. The molecular formula is C50H30N4O2. The molecule has 0 unspecified atom stereocenters. The topological polar surface area (TPSA) is 77.8 Å². The number of benzene rings is 7. The van der Waals surface area contributed by atoms with Gasteiger partial charge in [0.1, 0.15) is 22.6 Å². The number of rotatable bonds is 6. The lowest BCUT2D eigenvalue weighted by Crippen LogP contribution is -2.00. The lowest BCUT2D eigenvalue weighted by molar-refractivity contribution is 0.632. The number of aromatic nitrogens is 4. The second-order valence-corrected chi connectivity index (χ2v) is 13.8. The summed E-state index contributed by atoms with van der Waals surface area (Å²) in [5, 5.41) is 4.07. The molecule has 56 heavy (non-hydrogen) atoms. The summed E-state index contributed by atoms with van der Waals surface area (Å²) in [5.41, 5.74) is 10.4. The van der Waals surface area contributed by atoms with Crippen LogP contribution in [0.15, 0.2) is 191 Å². The highest BCUT2D eigenvalue weighted by atomic mass is 16.3. The maximum Gasteiger partial charge on any atom is 0.164 e. The van der Waals surface area contributed by atoms with Crippen molar-refractivity contribution < 1.29 is 8.83 Å². The van der Waals surface area contributed by atoms with Gasteiger partial charge >= 0.3 is 0 Å². The van der Waals surface area contributed by atoms with Crippen LogP contribution in [0, 0.1) is 0 Å². The van der Waals surface area contributed by atoms with E-state index in [9.17, 15) is 0 Å². The first-order valence-electron chi connectivity index (χ1n) is 18.6. The third-order valence-electron chi connectivity index (χ3n) is 10.3. The Morgan fingerprint density at radius 2 is 0.893 bits per heavy atom. The van der Waals surface area contributed by atoms with E-state index in [0.29, 0.717) is 28.8 Å². The maximum absolute atomic E-state index is 7.18. The fourth-order valence-electron chi connectivity index (χ4n) is 7.74. The molecule has 0 amide bonds. The summed E-state index contributed by atoms with van der Waals surface area (Å²) in [5.74, 6) is 2.47. The van der Waals surface area contributed by atoms with Crippen LogP contribution in [0.5, 0.6) is 0 Å². The minimum Gasteiger partial charge on any atom is -0.455 e. The Hall–Kier alpha value is -7.70. The molecule has 0 bridgehead atoms. The van der Waals surface area contributed by atoms with Gasteiger partial charge in [0.15, 0.2) is 23.1 Å². The van der Waals surface area contributed by atoms with E-state index in [0.717, 1.165) is 82.9 Å². The average Bonchev–Trinajstić information content (AvgIpc) is 3.87. The first kappa shape index (κ1) is 31.8. The Morgan fingerprint density at radius 1 is 0.357 bits per heavy atom. The lowest BCUT2D eigenvalue weighted by Gasteiger charge is -2.10. The van der Waals surface area contributed by atoms with Crippen molar-refractivity contribution in [1.82, 2.24) is 19.9 Å². The van der Waals surface area contributed by atoms with Crippen molar-refractivity contribution in [3.05, 3.63) is 182 Å². The molecular weight excluding hydrogens is 689 g/mol. The van der Waals surface area contributed by atoms with Gasteiger partial charge in [-0.1, -0.05) is 164 Å². The normalized spacial score (nSPS) is 11.6. The molecule has 4 aromatic heterocycles. The van der Waals surface area contributed by atoms with Crippen LogP contribution in [0.2, 0.25) is 0 Å². The van der Waals surface area contributed by atoms with Crippen LogP contribution >= 0.6 is 0 Å². The monoisotopic (exact) mass is 718 g/mol. The van der Waals surface area contributed by atoms with Gasteiger partial charge in [-0.3, -0.25) is 0 Å². The van der Waals surface area contributed by atoms with E-state index in [1.807, 2.05) is 115 Å². The zero-order chi connectivity index (χ0) is 37.0. The number of hydrogen-bond acceptors (Lipinski definition) is 6. The van der Waals surface area contributed by atoms with Gasteiger partial charge in [-0.05, 0) is 18.2 Å². The number of para-hydroxylation sites is 3. The smallest absolute Gasteiger partial charge is 0.164 e. The molecule has 0 aliphatic carbocycles. The predicted molar refractivity (Wildman–Crippen MR) is 225 cm³/mol. The molecule has 0 atom stereocenters. The third-order valence-corrected chi connectivity index (χ3v) is 10.3. The first-order valence-corrected chi connectivity index (χ1v) is 18.6. The molecule has 11 aromatic rings. The van der Waals surface area contributed by atoms with E-state index in [4.69, 9.17) is 28.8 Å². The molecule has 0 fully saturated rings. The first-order chi connectivity index (χ1) is 27.8. The van der Waals surface area contributed by atoms with Crippen molar-refractivity contribution in [2.75, 3.05) is 0 Å². The number of fused-ring (bicyclic) bond motifs is 6. The molecule has 4 heterocycles. The number of pyridine rings is 1. The SMILES string of the molecule is c1ccc(-c2nc(-c3ccccc3)nc(-c3cccc(-c4oc5c(-c6ccccc6)nc6ccccc6c5c4-c4cccc5c4oc4ccccc45)c3)n2)cc1. The van der Waals surface area contributed by atoms with Crippen molar-refractivity contribution >= 4 is 43.8 Å². The molecule has 0 radical (unpaired) electrons. The third kappa shape index (κ3) is 5.27. The maximum atomic E-state index is 7.18. The molecule has 0 saturated carbocycles. The highest BCUT2D eigenvalue weighted by Crippen LogP contribution is 2.49. The van der Waals surface area contributed by atoms with Crippen molar-refractivity contribution in [3.63, 3.8) is 0 Å². The summed E-state index contributed by atoms with van der Waals surface area (Å²) in [7, 11) is 0. The van der Waals surface area contributed by atoms with Crippen LogP contribution in [0.1, 0.15) is 0 Å². The zero-order valence-electron chi connectivity index (χ0n) is 29.9.